The van der Waals surface area contributed by atoms with Crippen LogP contribution in [0.15, 0.2) is 54.1 Å². The summed E-state index contributed by atoms with van der Waals surface area (Å²) in [6.45, 7) is 6.32. The molecule has 0 aliphatic carbocycles. The number of carbonyl (C=O) groups is 2. The summed E-state index contributed by atoms with van der Waals surface area (Å²) in [6, 6.07) is 13.6. The number of hydrogen-bond donors (Lipinski definition) is 2. The van der Waals surface area contributed by atoms with E-state index >= 15 is 0 Å². The lowest BCUT2D eigenvalue weighted by Gasteiger charge is -2.30. The predicted octanol–water partition coefficient (Wildman–Crippen LogP) is 4.98. The molecule has 0 saturated carbocycles. The van der Waals surface area contributed by atoms with E-state index in [4.69, 9.17) is 14.2 Å². The van der Waals surface area contributed by atoms with Crippen LogP contribution in [0.25, 0.3) is 5.70 Å². The molecule has 0 bridgehead atoms. The van der Waals surface area contributed by atoms with Gasteiger partial charge in [-0.2, -0.15) is 0 Å². The number of methoxy groups -OCH3 is 1. The molecule has 0 fully saturated rings. The zero-order chi connectivity index (χ0) is 23.8. The molecular weight excluding hydrogens is 420 g/mol. The van der Waals surface area contributed by atoms with E-state index in [-0.39, 0.29) is 6.10 Å². The van der Waals surface area contributed by atoms with Crippen molar-refractivity contribution >= 4 is 17.7 Å². The number of urea groups is 1. The summed E-state index contributed by atoms with van der Waals surface area (Å²) in [4.78, 5) is 25.8. The van der Waals surface area contributed by atoms with Crippen molar-refractivity contribution in [3.63, 3.8) is 0 Å². The Hall–Kier alpha value is -3.48. The second kappa shape index (κ2) is 11.4. The monoisotopic (exact) mass is 452 g/mol. The van der Waals surface area contributed by atoms with Gasteiger partial charge in [0.1, 0.15) is 0 Å². The van der Waals surface area contributed by atoms with Crippen molar-refractivity contribution < 1.29 is 23.8 Å². The number of ether oxygens (including phenoxy) is 3. The minimum Gasteiger partial charge on any atom is -0.493 e. The summed E-state index contributed by atoms with van der Waals surface area (Å²) in [5.41, 5.74) is 2.16. The average Bonchev–Trinajstić information content (AvgIpc) is 2.81. The molecule has 2 amide bonds. The Balaban J connectivity index is 2.03. The fourth-order valence-electron chi connectivity index (χ4n) is 3.66. The quantitative estimate of drug-likeness (QED) is 0.392. The van der Waals surface area contributed by atoms with Crippen molar-refractivity contribution in [2.45, 2.75) is 52.2 Å². The molecule has 1 atom stereocenters. The Morgan fingerprint density at radius 3 is 2.48 bits per heavy atom. The van der Waals surface area contributed by atoms with E-state index < -0.39 is 18.0 Å². The molecule has 0 aromatic heterocycles. The fraction of sp³-hybridized carbons (Fsp3) is 0.385. The fourth-order valence-corrected chi connectivity index (χ4v) is 3.66. The summed E-state index contributed by atoms with van der Waals surface area (Å²) >= 11 is 0. The minimum absolute atomic E-state index is 0.311. The Bertz CT molecular complexity index is 1000. The average molecular weight is 453 g/mol. The molecule has 3 rings (SSSR count). The third-order valence-electron chi connectivity index (χ3n) is 5.22. The molecule has 0 spiro atoms. The van der Waals surface area contributed by atoms with Gasteiger partial charge in [-0.3, -0.25) is 0 Å². The van der Waals surface area contributed by atoms with Crippen LogP contribution in [0.1, 0.15) is 57.2 Å². The number of esters is 1. The van der Waals surface area contributed by atoms with Gasteiger partial charge in [-0.05, 0) is 43.5 Å². The second-order valence-corrected chi connectivity index (χ2v) is 8.11. The summed E-state index contributed by atoms with van der Waals surface area (Å²) in [5, 5.41) is 5.65. The van der Waals surface area contributed by atoms with Crippen LogP contribution >= 0.6 is 0 Å². The third-order valence-corrected chi connectivity index (χ3v) is 5.22. The minimum atomic E-state index is -0.719. The van der Waals surface area contributed by atoms with Crippen LogP contribution in [0.3, 0.4) is 0 Å². The first-order valence-electron chi connectivity index (χ1n) is 11.3. The van der Waals surface area contributed by atoms with Crippen LogP contribution in [-0.4, -0.2) is 31.8 Å². The third kappa shape index (κ3) is 6.06. The number of nitrogens with one attached hydrogen (secondary N) is 2. The molecular formula is C26H32N2O5. The molecule has 7 nitrogen and oxygen atoms in total. The van der Waals surface area contributed by atoms with Crippen LogP contribution in [0, 0.1) is 0 Å². The molecule has 33 heavy (non-hydrogen) atoms. The first-order valence-corrected chi connectivity index (χ1v) is 11.3. The highest BCUT2D eigenvalue weighted by Gasteiger charge is 2.35. The van der Waals surface area contributed by atoms with Gasteiger partial charge in [0, 0.05) is 0 Å². The lowest BCUT2D eigenvalue weighted by atomic mass is 9.92. The van der Waals surface area contributed by atoms with Crippen molar-refractivity contribution in [1.82, 2.24) is 10.6 Å². The standard InChI is InChI=1S/C26H32N2O5/c1-5-6-10-15-32-20-14-13-19(16-21(20)31-4)24-22(25(29)33-17(2)3)23(27-26(30)28-24)18-11-8-7-9-12-18/h7-9,11-14,16-17,24H,5-6,10,15H2,1-4H3,(H2,27,28,30). The maximum absolute atomic E-state index is 13.2. The summed E-state index contributed by atoms with van der Waals surface area (Å²) in [7, 11) is 1.57. The highest BCUT2D eigenvalue weighted by atomic mass is 16.5. The Morgan fingerprint density at radius 2 is 1.82 bits per heavy atom. The zero-order valence-electron chi connectivity index (χ0n) is 19.6. The molecule has 176 valence electrons. The first kappa shape index (κ1) is 24.2. The molecule has 0 saturated heterocycles. The molecule has 2 N–H and O–H groups in total. The molecule has 7 heteroatoms. The maximum atomic E-state index is 13.2. The van der Waals surface area contributed by atoms with Gasteiger partial charge in [0.05, 0.1) is 37.1 Å². The van der Waals surface area contributed by atoms with Gasteiger partial charge in [-0.25, -0.2) is 9.59 Å². The largest absolute Gasteiger partial charge is 0.493 e. The van der Waals surface area contributed by atoms with E-state index in [2.05, 4.69) is 17.6 Å². The van der Waals surface area contributed by atoms with Gasteiger partial charge in [0.25, 0.3) is 0 Å². The number of unbranched alkanes of at least 4 members (excludes halogenated alkanes) is 2. The van der Waals surface area contributed by atoms with E-state index in [0.717, 1.165) is 24.8 Å². The Morgan fingerprint density at radius 1 is 1.06 bits per heavy atom. The smallest absolute Gasteiger partial charge is 0.338 e. The lowest BCUT2D eigenvalue weighted by molar-refractivity contribution is -0.143. The van der Waals surface area contributed by atoms with Gasteiger partial charge >= 0.3 is 12.0 Å². The molecule has 2 aromatic rings. The van der Waals surface area contributed by atoms with E-state index in [9.17, 15) is 9.59 Å². The first-order chi connectivity index (χ1) is 15.9. The number of carbonyl (C=O) groups excluding carboxylic acids is 2. The van der Waals surface area contributed by atoms with Crippen LogP contribution in [0.4, 0.5) is 4.79 Å². The van der Waals surface area contributed by atoms with Crippen molar-refractivity contribution in [1.29, 1.82) is 0 Å². The normalized spacial score (nSPS) is 15.7. The number of rotatable bonds is 10. The maximum Gasteiger partial charge on any atom is 0.338 e. The Kier molecular flexibility index (Phi) is 8.35. The second-order valence-electron chi connectivity index (χ2n) is 8.11. The van der Waals surface area contributed by atoms with Gasteiger partial charge in [0.15, 0.2) is 11.5 Å². The van der Waals surface area contributed by atoms with Crippen LogP contribution in [0.5, 0.6) is 11.5 Å². The van der Waals surface area contributed by atoms with Crippen molar-refractivity contribution in [3.8, 4) is 11.5 Å². The van der Waals surface area contributed by atoms with E-state index in [1.54, 1.807) is 27.0 Å². The van der Waals surface area contributed by atoms with Crippen molar-refractivity contribution in [3.05, 3.63) is 65.2 Å². The molecule has 2 aromatic carbocycles. The van der Waals surface area contributed by atoms with Crippen molar-refractivity contribution in [2.75, 3.05) is 13.7 Å². The van der Waals surface area contributed by atoms with Gasteiger partial charge in [0.2, 0.25) is 0 Å². The molecule has 1 aliphatic heterocycles. The number of amides is 2. The summed E-state index contributed by atoms with van der Waals surface area (Å²) in [6.07, 6.45) is 2.85. The van der Waals surface area contributed by atoms with E-state index in [1.807, 2.05) is 42.5 Å². The Labute approximate surface area is 195 Å². The highest BCUT2D eigenvalue weighted by molar-refractivity contribution is 6.04. The van der Waals surface area contributed by atoms with E-state index in [1.165, 1.54) is 0 Å². The van der Waals surface area contributed by atoms with Crippen LogP contribution in [-0.2, 0) is 9.53 Å². The molecule has 1 unspecified atom stereocenters. The molecule has 1 heterocycles. The van der Waals surface area contributed by atoms with Gasteiger partial charge in [-0.15, -0.1) is 0 Å². The summed E-state index contributed by atoms with van der Waals surface area (Å²) < 4.78 is 17.0. The predicted molar refractivity (Wildman–Crippen MR) is 127 cm³/mol. The van der Waals surface area contributed by atoms with E-state index in [0.29, 0.717) is 34.9 Å². The van der Waals surface area contributed by atoms with Crippen molar-refractivity contribution in [2.24, 2.45) is 0 Å². The topological polar surface area (TPSA) is 85.9 Å². The van der Waals surface area contributed by atoms with Gasteiger partial charge in [-0.1, -0.05) is 56.2 Å². The highest BCUT2D eigenvalue weighted by Crippen LogP contribution is 2.36. The summed E-state index contributed by atoms with van der Waals surface area (Å²) in [5.74, 6) is 0.658. The SMILES string of the molecule is CCCCCOc1ccc(C2NC(=O)NC(c3ccccc3)=C2C(=O)OC(C)C)cc1OC. The van der Waals surface area contributed by atoms with Gasteiger partial charge < -0.3 is 24.8 Å². The molecule has 0 radical (unpaired) electrons. The number of benzene rings is 2. The van der Waals surface area contributed by atoms with Crippen LogP contribution in [0.2, 0.25) is 0 Å². The lowest BCUT2D eigenvalue weighted by Crippen LogP contribution is -2.45. The molecule has 1 aliphatic rings. The van der Waals surface area contributed by atoms with Crippen LogP contribution < -0.4 is 20.1 Å². The number of hydrogen-bond acceptors (Lipinski definition) is 5. The zero-order valence-corrected chi connectivity index (χ0v) is 19.6.